The maximum Gasteiger partial charge on any atom is 0.256 e. The Hall–Kier alpha value is -3.19. The number of benzene rings is 2. The molecule has 2 saturated heterocycles. The molecule has 4 rings (SSSR count). The highest BCUT2D eigenvalue weighted by atomic mass is 16.5. The first-order chi connectivity index (χ1) is 16.8. The molecule has 1 N–H and O–H groups in total. The van der Waals surface area contributed by atoms with Crippen LogP contribution in [0.25, 0.3) is 0 Å². The Balaban J connectivity index is 1.58. The molecule has 2 aromatic rings. The van der Waals surface area contributed by atoms with Gasteiger partial charge in [-0.1, -0.05) is 42.8 Å². The zero-order chi connectivity index (χ0) is 25.2. The first-order valence-corrected chi connectivity index (χ1v) is 12.5. The zero-order valence-electron chi connectivity index (χ0n) is 21.0. The Bertz CT molecular complexity index is 1090. The van der Waals surface area contributed by atoms with Crippen LogP contribution in [0.2, 0.25) is 0 Å². The van der Waals surface area contributed by atoms with Crippen LogP contribution in [0.15, 0.2) is 48.5 Å². The summed E-state index contributed by atoms with van der Waals surface area (Å²) >= 11 is 0. The molecule has 0 aliphatic carbocycles. The summed E-state index contributed by atoms with van der Waals surface area (Å²) in [5.74, 6) is -0.431. The van der Waals surface area contributed by atoms with E-state index in [0.29, 0.717) is 37.1 Å². The fourth-order valence-corrected chi connectivity index (χ4v) is 4.89. The highest BCUT2D eigenvalue weighted by Crippen LogP contribution is 2.39. The first kappa shape index (κ1) is 24.9. The van der Waals surface area contributed by atoms with Crippen LogP contribution in [-0.2, 0) is 9.53 Å². The number of carbonyl (C=O) groups is 3. The number of likely N-dealkylation sites (tertiary alicyclic amines) is 1. The summed E-state index contributed by atoms with van der Waals surface area (Å²) in [6.07, 6.45) is 1.71. The maximum atomic E-state index is 13.8. The van der Waals surface area contributed by atoms with E-state index in [-0.39, 0.29) is 30.4 Å². The van der Waals surface area contributed by atoms with Gasteiger partial charge >= 0.3 is 0 Å². The third kappa shape index (κ3) is 4.96. The molecular formula is C28H35N3O4. The van der Waals surface area contributed by atoms with E-state index in [1.165, 1.54) is 0 Å². The molecule has 2 heterocycles. The summed E-state index contributed by atoms with van der Waals surface area (Å²) in [5.41, 5.74) is 2.30. The predicted octanol–water partition coefficient (Wildman–Crippen LogP) is 3.69. The number of hydrogen-bond acceptors (Lipinski definition) is 4. The average molecular weight is 478 g/mol. The predicted molar refractivity (Wildman–Crippen MR) is 134 cm³/mol. The number of nitrogens with one attached hydrogen (secondary N) is 1. The van der Waals surface area contributed by atoms with Crippen LogP contribution >= 0.6 is 0 Å². The van der Waals surface area contributed by atoms with Gasteiger partial charge in [0.1, 0.15) is 11.8 Å². The Kier molecular flexibility index (Phi) is 7.26. The largest absolute Gasteiger partial charge is 0.353 e. The van der Waals surface area contributed by atoms with E-state index in [2.05, 4.69) is 5.32 Å². The van der Waals surface area contributed by atoms with Gasteiger partial charge in [-0.25, -0.2) is 0 Å². The SMILES string of the molecule is CC[C@H](C)NC(=O)[C@@H]1COC2(CCN(C(=O)c3ccccc3C)CC2)N1C(=O)c1ccc(C)cc1. The molecular weight excluding hydrogens is 442 g/mol. The van der Waals surface area contributed by atoms with Crippen LogP contribution in [0, 0.1) is 13.8 Å². The van der Waals surface area contributed by atoms with Crippen LogP contribution in [-0.4, -0.2) is 65.0 Å². The average Bonchev–Trinajstić information content (AvgIpc) is 3.23. The smallest absolute Gasteiger partial charge is 0.256 e. The van der Waals surface area contributed by atoms with E-state index < -0.39 is 11.8 Å². The van der Waals surface area contributed by atoms with Crippen molar-refractivity contribution in [1.29, 1.82) is 0 Å². The minimum Gasteiger partial charge on any atom is -0.353 e. The molecule has 2 fully saturated rings. The van der Waals surface area contributed by atoms with Gasteiger partial charge in [0.15, 0.2) is 0 Å². The molecule has 2 atom stereocenters. The minimum atomic E-state index is -0.915. The molecule has 7 nitrogen and oxygen atoms in total. The van der Waals surface area contributed by atoms with E-state index in [4.69, 9.17) is 4.74 Å². The van der Waals surface area contributed by atoms with Gasteiger partial charge < -0.3 is 15.0 Å². The summed E-state index contributed by atoms with van der Waals surface area (Å²) in [5, 5.41) is 3.02. The molecule has 2 aromatic carbocycles. The second-order valence-electron chi connectivity index (χ2n) is 9.74. The van der Waals surface area contributed by atoms with Crippen LogP contribution in [0.1, 0.15) is 65.0 Å². The molecule has 0 bridgehead atoms. The maximum absolute atomic E-state index is 13.8. The number of piperidine rings is 1. The van der Waals surface area contributed by atoms with E-state index in [0.717, 1.165) is 17.5 Å². The van der Waals surface area contributed by atoms with Gasteiger partial charge in [0, 0.05) is 43.1 Å². The second kappa shape index (κ2) is 10.2. The molecule has 0 unspecified atom stereocenters. The lowest BCUT2D eigenvalue weighted by Crippen LogP contribution is -2.60. The Labute approximate surface area is 207 Å². The second-order valence-corrected chi connectivity index (χ2v) is 9.74. The van der Waals surface area contributed by atoms with Crippen LogP contribution in [0.4, 0.5) is 0 Å². The molecule has 1 spiro atoms. The highest BCUT2D eigenvalue weighted by Gasteiger charge is 2.54. The van der Waals surface area contributed by atoms with Crippen LogP contribution < -0.4 is 5.32 Å². The third-order valence-corrected chi connectivity index (χ3v) is 7.29. The Morgan fingerprint density at radius 2 is 1.69 bits per heavy atom. The number of amides is 3. The number of nitrogens with zero attached hydrogens (tertiary/aromatic N) is 2. The van der Waals surface area contributed by atoms with Crippen molar-refractivity contribution in [2.45, 2.75) is 64.8 Å². The van der Waals surface area contributed by atoms with Crippen molar-refractivity contribution in [3.05, 3.63) is 70.8 Å². The summed E-state index contributed by atoms with van der Waals surface area (Å²) in [6, 6.07) is 14.2. The topological polar surface area (TPSA) is 79.0 Å². The number of hydrogen-bond donors (Lipinski definition) is 1. The molecule has 0 radical (unpaired) electrons. The van der Waals surface area contributed by atoms with E-state index in [1.807, 2.05) is 69.0 Å². The lowest BCUT2D eigenvalue weighted by Gasteiger charge is -2.44. The van der Waals surface area contributed by atoms with Gasteiger partial charge in [-0.05, 0) is 51.0 Å². The van der Waals surface area contributed by atoms with Crippen LogP contribution in [0.5, 0.6) is 0 Å². The summed E-state index contributed by atoms with van der Waals surface area (Å²) in [7, 11) is 0. The van der Waals surface area contributed by atoms with Gasteiger partial charge in [-0.2, -0.15) is 0 Å². The number of rotatable bonds is 5. The molecule has 2 aliphatic heterocycles. The summed E-state index contributed by atoms with van der Waals surface area (Å²) in [4.78, 5) is 43.6. The van der Waals surface area contributed by atoms with E-state index >= 15 is 0 Å². The number of ether oxygens (including phenoxy) is 1. The fraction of sp³-hybridized carbons (Fsp3) is 0.464. The molecule has 2 aliphatic rings. The van der Waals surface area contributed by atoms with Crippen molar-refractivity contribution < 1.29 is 19.1 Å². The number of carbonyl (C=O) groups excluding carboxylic acids is 3. The van der Waals surface area contributed by atoms with Crippen molar-refractivity contribution in [3.63, 3.8) is 0 Å². The Morgan fingerprint density at radius 1 is 1.03 bits per heavy atom. The van der Waals surface area contributed by atoms with Crippen molar-refractivity contribution in [3.8, 4) is 0 Å². The van der Waals surface area contributed by atoms with Crippen molar-refractivity contribution >= 4 is 17.7 Å². The zero-order valence-corrected chi connectivity index (χ0v) is 21.0. The van der Waals surface area contributed by atoms with Crippen molar-refractivity contribution in [2.75, 3.05) is 19.7 Å². The van der Waals surface area contributed by atoms with Crippen molar-refractivity contribution in [2.24, 2.45) is 0 Å². The molecule has 186 valence electrons. The lowest BCUT2D eigenvalue weighted by atomic mass is 9.95. The quantitative estimate of drug-likeness (QED) is 0.712. The monoisotopic (exact) mass is 477 g/mol. The van der Waals surface area contributed by atoms with E-state index in [1.54, 1.807) is 17.0 Å². The first-order valence-electron chi connectivity index (χ1n) is 12.5. The van der Waals surface area contributed by atoms with Gasteiger partial charge in [0.05, 0.1) is 6.61 Å². The highest BCUT2D eigenvalue weighted by molar-refractivity contribution is 5.99. The molecule has 7 heteroatoms. The fourth-order valence-electron chi connectivity index (χ4n) is 4.89. The van der Waals surface area contributed by atoms with Crippen molar-refractivity contribution in [1.82, 2.24) is 15.1 Å². The minimum absolute atomic E-state index is 0.00366. The molecule has 0 aromatic heterocycles. The van der Waals surface area contributed by atoms with Gasteiger partial charge in [-0.3, -0.25) is 19.3 Å². The normalized spacial score (nSPS) is 20.1. The van der Waals surface area contributed by atoms with Gasteiger partial charge in [0.25, 0.3) is 11.8 Å². The molecule has 3 amide bonds. The molecule has 35 heavy (non-hydrogen) atoms. The van der Waals surface area contributed by atoms with Gasteiger partial charge in [0.2, 0.25) is 5.91 Å². The van der Waals surface area contributed by atoms with E-state index in [9.17, 15) is 14.4 Å². The third-order valence-electron chi connectivity index (χ3n) is 7.29. The van der Waals surface area contributed by atoms with Gasteiger partial charge in [-0.15, -0.1) is 0 Å². The summed E-state index contributed by atoms with van der Waals surface area (Å²) < 4.78 is 6.27. The standard InChI is InChI=1S/C28H35N3O4/c1-5-21(4)29-25(32)24-18-35-28(31(24)26(33)22-12-10-19(2)11-13-22)14-16-30(17-15-28)27(34)23-9-7-6-8-20(23)3/h6-13,21,24H,5,14-18H2,1-4H3,(H,29,32)/t21-,24-/m0/s1. The lowest BCUT2D eigenvalue weighted by molar-refractivity contribution is -0.128. The van der Waals surface area contributed by atoms with Crippen LogP contribution in [0.3, 0.4) is 0 Å². The molecule has 0 saturated carbocycles. The number of aryl methyl sites for hydroxylation is 2. The summed E-state index contributed by atoms with van der Waals surface area (Å²) in [6.45, 7) is 8.90. The Morgan fingerprint density at radius 3 is 2.31 bits per heavy atom.